The fourth-order valence-corrected chi connectivity index (χ4v) is 3.69. The lowest BCUT2D eigenvalue weighted by molar-refractivity contribution is -0.122. The fourth-order valence-electron chi connectivity index (χ4n) is 3.42. The standard InChI is InChI=1S/C24H14ClFN2O6/c25-18-9-13(26)5-7-14(18)16-10-22(30)34-20-8-12(4-6-15(16)20)17(11-29)23(31)28-21-3-1-2-19(27-21)24(32)33/h1-11,17H,(H,32,33)(H,27,28,31). The van der Waals surface area contributed by atoms with Crippen LogP contribution in [0.3, 0.4) is 0 Å². The highest BCUT2D eigenvalue weighted by molar-refractivity contribution is 6.33. The monoisotopic (exact) mass is 480 g/mol. The van der Waals surface area contributed by atoms with Crippen LogP contribution in [0.5, 0.6) is 0 Å². The molecule has 8 nitrogen and oxygen atoms in total. The number of hydrogen-bond acceptors (Lipinski definition) is 6. The molecule has 0 spiro atoms. The van der Waals surface area contributed by atoms with Crippen LogP contribution in [0.15, 0.2) is 69.9 Å². The molecule has 1 amide bonds. The van der Waals surface area contributed by atoms with Crippen LogP contribution in [-0.4, -0.2) is 28.3 Å². The minimum absolute atomic E-state index is 0.0442. The minimum Gasteiger partial charge on any atom is -0.477 e. The van der Waals surface area contributed by atoms with Gasteiger partial charge in [-0.15, -0.1) is 0 Å². The number of nitrogens with zero attached hydrogens (tertiary/aromatic N) is 1. The Morgan fingerprint density at radius 1 is 1.09 bits per heavy atom. The zero-order valence-corrected chi connectivity index (χ0v) is 17.9. The Balaban J connectivity index is 1.72. The molecular weight excluding hydrogens is 467 g/mol. The third kappa shape index (κ3) is 4.55. The molecule has 2 heterocycles. The molecule has 0 saturated carbocycles. The summed E-state index contributed by atoms with van der Waals surface area (Å²) in [5, 5.41) is 12.0. The van der Waals surface area contributed by atoms with E-state index in [1.165, 1.54) is 48.5 Å². The topological polar surface area (TPSA) is 127 Å². The van der Waals surface area contributed by atoms with Gasteiger partial charge in [0.15, 0.2) is 5.69 Å². The average molecular weight is 481 g/mol. The Morgan fingerprint density at radius 2 is 1.88 bits per heavy atom. The first-order valence-corrected chi connectivity index (χ1v) is 10.1. The van der Waals surface area contributed by atoms with Gasteiger partial charge in [0.1, 0.15) is 29.4 Å². The third-order valence-electron chi connectivity index (χ3n) is 4.99. The summed E-state index contributed by atoms with van der Waals surface area (Å²) in [4.78, 5) is 51.5. The Kier molecular flexibility index (Phi) is 6.20. The van der Waals surface area contributed by atoms with E-state index in [1.807, 2.05) is 0 Å². The average Bonchev–Trinajstić information content (AvgIpc) is 2.79. The Hall–Kier alpha value is -4.37. The lowest BCUT2D eigenvalue weighted by Crippen LogP contribution is -2.23. The van der Waals surface area contributed by atoms with Gasteiger partial charge in [-0.2, -0.15) is 0 Å². The summed E-state index contributed by atoms with van der Waals surface area (Å²) in [5.41, 5.74) is 0.125. The van der Waals surface area contributed by atoms with E-state index in [9.17, 15) is 23.6 Å². The van der Waals surface area contributed by atoms with E-state index in [4.69, 9.17) is 21.1 Å². The van der Waals surface area contributed by atoms with Crippen molar-refractivity contribution < 1.29 is 28.3 Å². The molecule has 2 N–H and O–H groups in total. The number of hydrogen-bond donors (Lipinski definition) is 2. The SMILES string of the molecule is O=CC(C(=O)Nc1cccc(C(=O)O)n1)c1ccc2c(-c3ccc(F)cc3Cl)cc(=O)oc2c1. The highest BCUT2D eigenvalue weighted by Crippen LogP contribution is 2.34. The molecule has 170 valence electrons. The van der Waals surface area contributed by atoms with Gasteiger partial charge in [0.05, 0.1) is 5.02 Å². The zero-order valence-electron chi connectivity index (χ0n) is 17.1. The molecule has 0 aliphatic carbocycles. The second-order valence-electron chi connectivity index (χ2n) is 7.18. The van der Waals surface area contributed by atoms with Crippen molar-refractivity contribution in [2.45, 2.75) is 5.92 Å². The molecular formula is C24H14ClFN2O6. The lowest BCUT2D eigenvalue weighted by atomic mass is 9.95. The molecule has 0 radical (unpaired) electrons. The van der Waals surface area contributed by atoms with Gasteiger partial charge < -0.3 is 19.6 Å². The maximum atomic E-state index is 13.5. The van der Waals surface area contributed by atoms with E-state index in [0.29, 0.717) is 22.8 Å². The van der Waals surface area contributed by atoms with Crippen LogP contribution in [0.4, 0.5) is 10.2 Å². The van der Waals surface area contributed by atoms with Gasteiger partial charge >= 0.3 is 11.6 Å². The molecule has 10 heteroatoms. The summed E-state index contributed by atoms with van der Waals surface area (Å²) in [6, 6.07) is 13.4. The summed E-state index contributed by atoms with van der Waals surface area (Å²) in [6.45, 7) is 0. The van der Waals surface area contributed by atoms with E-state index in [-0.39, 0.29) is 27.7 Å². The van der Waals surface area contributed by atoms with E-state index in [2.05, 4.69) is 10.3 Å². The molecule has 1 unspecified atom stereocenters. The van der Waals surface area contributed by atoms with Gasteiger partial charge in [-0.25, -0.2) is 19.0 Å². The number of aromatic nitrogens is 1. The molecule has 0 fully saturated rings. The summed E-state index contributed by atoms with van der Waals surface area (Å²) >= 11 is 6.16. The first-order chi connectivity index (χ1) is 16.3. The number of pyridine rings is 1. The second-order valence-corrected chi connectivity index (χ2v) is 7.58. The van der Waals surface area contributed by atoms with Gasteiger partial charge in [0, 0.05) is 22.6 Å². The Labute approximate surface area is 195 Å². The van der Waals surface area contributed by atoms with Crippen LogP contribution in [0.1, 0.15) is 22.0 Å². The van der Waals surface area contributed by atoms with Crippen LogP contribution >= 0.6 is 11.6 Å². The lowest BCUT2D eigenvalue weighted by Gasteiger charge is -2.13. The molecule has 2 aromatic carbocycles. The predicted octanol–water partition coefficient (Wildman–Crippen LogP) is 4.27. The number of nitrogens with one attached hydrogen (secondary N) is 1. The van der Waals surface area contributed by atoms with E-state index in [0.717, 1.165) is 6.07 Å². The molecule has 34 heavy (non-hydrogen) atoms. The molecule has 0 saturated heterocycles. The van der Waals surface area contributed by atoms with Crippen LogP contribution in [0.25, 0.3) is 22.1 Å². The Morgan fingerprint density at radius 3 is 2.59 bits per heavy atom. The van der Waals surface area contributed by atoms with Gasteiger partial charge in [0.2, 0.25) is 5.91 Å². The summed E-state index contributed by atoms with van der Waals surface area (Å²) in [6.07, 6.45) is 0.399. The van der Waals surface area contributed by atoms with Crippen molar-refractivity contribution in [2.75, 3.05) is 5.32 Å². The Bertz CT molecular complexity index is 1520. The fraction of sp³-hybridized carbons (Fsp3) is 0.0417. The highest BCUT2D eigenvalue weighted by Gasteiger charge is 2.22. The number of aldehydes is 1. The van der Waals surface area contributed by atoms with Crippen LogP contribution in [0.2, 0.25) is 5.02 Å². The number of aromatic carboxylic acids is 1. The zero-order chi connectivity index (χ0) is 24.4. The van der Waals surface area contributed by atoms with E-state index >= 15 is 0 Å². The molecule has 0 aliphatic rings. The van der Waals surface area contributed by atoms with Crippen LogP contribution in [-0.2, 0) is 9.59 Å². The summed E-state index contributed by atoms with van der Waals surface area (Å²) in [7, 11) is 0. The quantitative estimate of drug-likeness (QED) is 0.240. The number of carbonyl (C=O) groups is 3. The van der Waals surface area contributed by atoms with Crippen molar-refractivity contribution in [1.29, 1.82) is 0 Å². The normalized spacial score (nSPS) is 11.7. The van der Waals surface area contributed by atoms with Gasteiger partial charge in [-0.05, 0) is 42.0 Å². The number of carboxylic acids is 1. The van der Waals surface area contributed by atoms with Gasteiger partial charge in [0.25, 0.3) is 0 Å². The van der Waals surface area contributed by atoms with Crippen molar-refractivity contribution in [3.8, 4) is 11.1 Å². The number of anilines is 1. The summed E-state index contributed by atoms with van der Waals surface area (Å²) < 4.78 is 18.7. The molecule has 0 aliphatic heterocycles. The molecule has 4 aromatic rings. The molecule has 2 aromatic heterocycles. The third-order valence-corrected chi connectivity index (χ3v) is 5.30. The van der Waals surface area contributed by atoms with Crippen molar-refractivity contribution in [2.24, 2.45) is 0 Å². The summed E-state index contributed by atoms with van der Waals surface area (Å²) in [5.74, 6) is -3.92. The maximum Gasteiger partial charge on any atom is 0.354 e. The number of benzene rings is 2. The number of rotatable bonds is 6. The number of carboxylic acid groups (broad SMARTS) is 1. The second kappa shape index (κ2) is 9.24. The van der Waals surface area contributed by atoms with Crippen molar-refractivity contribution >= 4 is 46.6 Å². The largest absolute Gasteiger partial charge is 0.477 e. The number of fused-ring (bicyclic) bond motifs is 1. The number of halogens is 2. The maximum absolute atomic E-state index is 13.5. The van der Waals surface area contributed by atoms with Crippen molar-refractivity contribution in [1.82, 2.24) is 4.98 Å². The highest BCUT2D eigenvalue weighted by atomic mass is 35.5. The molecule has 4 rings (SSSR count). The minimum atomic E-state index is -1.30. The van der Waals surface area contributed by atoms with Crippen LogP contribution < -0.4 is 10.9 Å². The first-order valence-electron chi connectivity index (χ1n) is 9.76. The smallest absolute Gasteiger partial charge is 0.354 e. The molecule has 1 atom stereocenters. The van der Waals surface area contributed by atoms with E-state index in [1.54, 1.807) is 6.07 Å². The molecule has 0 bridgehead atoms. The number of carbonyl (C=O) groups excluding carboxylic acids is 2. The number of amides is 1. The van der Waals surface area contributed by atoms with E-state index < -0.39 is 29.2 Å². The first kappa shape index (κ1) is 22.8. The van der Waals surface area contributed by atoms with Gasteiger partial charge in [-0.3, -0.25) is 4.79 Å². The van der Waals surface area contributed by atoms with Crippen molar-refractivity contribution in [3.63, 3.8) is 0 Å². The van der Waals surface area contributed by atoms with Crippen molar-refractivity contribution in [3.05, 3.63) is 93.2 Å². The van der Waals surface area contributed by atoms with Crippen LogP contribution in [0, 0.1) is 5.82 Å². The predicted molar refractivity (Wildman–Crippen MR) is 122 cm³/mol. The van der Waals surface area contributed by atoms with Gasteiger partial charge in [-0.1, -0.05) is 29.8 Å².